The van der Waals surface area contributed by atoms with E-state index in [1.807, 2.05) is 41.6 Å². The minimum atomic E-state index is -0.205. The minimum absolute atomic E-state index is 0.0532. The normalized spacial score (nSPS) is 19.3. The first-order valence-corrected chi connectivity index (χ1v) is 12.0. The van der Waals surface area contributed by atoms with Crippen LogP contribution in [0.4, 0.5) is 0 Å². The monoisotopic (exact) mass is 449 g/mol. The highest BCUT2D eigenvalue weighted by Crippen LogP contribution is 2.40. The standard InChI is InChI=1S/C22H31N3O3S2/c1-3-28-20(27)14-17(2)23-21(29)25-12-9-22(16-25)7-10-24(11-8-22)19(26)5-4-18-6-13-30-15-18/h4-6,13,15,17H,3,7-12,14,16H2,1-2H3,(H,23,29). The van der Waals surface area contributed by atoms with Gasteiger partial charge in [0.25, 0.3) is 0 Å². The highest BCUT2D eigenvalue weighted by Gasteiger charge is 2.41. The summed E-state index contributed by atoms with van der Waals surface area (Å²) in [7, 11) is 0. The summed E-state index contributed by atoms with van der Waals surface area (Å²) in [5, 5.41) is 8.03. The van der Waals surface area contributed by atoms with Gasteiger partial charge in [0.2, 0.25) is 5.91 Å². The van der Waals surface area contributed by atoms with Crippen LogP contribution >= 0.6 is 23.6 Å². The van der Waals surface area contributed by atoms with Crippen molar-refractivity contribution in [3.8, 4) is 0 Å². The minimum Gasteiger partial charge on any atom is -0.466 e. The maximum atomic E-state index is 12.5. The summed E-state index contributed by atoms with van der Waals surface area (Å²) in [6.45, 7) is 7.57. The van der Waals surface area contributed by atoms with Gasteiger partial charge in [-0.25, -0.2) is 0 Å². The van der Waals surface area contributed by atoms with E-state index in [9.17, 15) is 9.59 Å². The molecule has 0 aliphatic carbocycles. The second-order valence-corrected chi connectivity index (χ2v) is 9.41. The van der Waals surface area contributed by atoms with Gasteiger partial charge in [-0.2, -0.15) is 11.3 Å². The SMILES string of the molecule is CCOC(=O)CC(C)NC(=S)N1CCC2(CCN(C(=O)C=Cc3ccsc3)CC2)C1. The molecular formula is C22H31N3O3S2. The van der Waals surface area contributed by atoms with E-state index in [1.54, 1.807) is 17.4 Å². The number of amides is 1. The number of likely N-dealkylation sites (tertiary alicyclic amines) is 2. The van der Waals surface area contributed by atoms with Gasteiger partial charge in [0.05, 0.1) is 13.0 Å². The summed E-state index contributed by atoms with van der Waals surface area (Å²) in [5.41, 5.74) is 1.30. The van der Waals surface area contributed by atoms with Crippen LogP contribution in [0.1, 0.15) is 45.1 Å². The van der Waals surface area contributed by atoms with Gasteiger partial charge in [-0.15, -0.1) is 0 Å². The maximum absolute atomic E-state index is 12.5. The number of nitrogens with zero attached hydrogens (tertiary/aromatic N) is 2. The van der Waals surface area contributed by atoms with E-state index in [-0.39, 0.29) is 23.3 Å². The van der Waals surface area contributed by atoms with Crippen molar-refractivity contribution < 1.29 is 14.3 Å². The predicted octanol–water partition coefficient (Wildman–Crippen LogP) is 3.29. The molecule has 1 N–H and O–H groups in total. The van der Waals surface area contributed by atoms with Crippen molar-refractivity contribution in [2.75, 3.05) is 32.8 Å². The fourth-order valence-corrected chi connectivity index (χ4v) is 5.17. The molecule has 30 heavy (non-hydrogen) atoms. The Morgan fingerprint density at radius 2 is 2.00 bits per heavy atom. The molecule has 1 spiro atoms. The van der Waals surface area contributed by atoms with Gasteiger partial charge in [-0.1, -0.05) is 0 Å². The number of hydrogen-bond acceptors (Lipinski definition) is 5. The molecule has 1 aromatic heterocycles. The lowest BCUT2D eigenvalue weighted by atomic mass is 9.78. The van der Waals surface area contributed by atoms with Crippen molar-refractivity contribution in [2.24, 2.45) is 5.41 Å². The molecule has 0 bridgehead atoms. The molecule has 2 aliphatic rings. The van der Waals surface area contributed by atoms with Crippen molar-refractivity contribution >= 4 is 46.6 Å². The van der Waals surface area contributed by atoms with E-state index in [0.717, 1.165) is 51.0 Å². The molecule has 3 heterocycles. The number of nitrogens with one attached hydrogen (secondary N) is 1. The third-order valence-corrected chi connectivity index (χ3v) is 7.05. The smallest absolute Gasteiger partial charge is 0.307 e. The van der Waals surface area contributed by atoms with Crippen LogP contribution in [0.3, 0.4) is 0 Å². The lowest BCUT2D eigenvalue weighted by molar-refractivity contribution is -0.143. The molecule has 6 nitrogen and oxygen atoms in total. The van der Waals surface area contributed by atoms with Crippen molar-refractivity contribution in [1.29, 1.82) is 0 Å². The van der Waals surface area contributed by atoms with Gasteiger partial charge in [0, 0.05) is 38.3 Å². The summed E-state index contributed by atoms with van der Waals surface area (Å²) >= 11 is 7.22. The zero-order chi connectivity index (χ0) is 21.6. The zero-order valence-electron chi connectivity index (χ0n) is 17.8. The van der Waals surface area contributed by atoms with Crippen LogP contribution < -0.4 is 5.32 Å². The van der Waals surface area contributed by atoms with Crippen LogP contribution in [0.15, 0.2) is 22.9 Å². The van der Waals surface area contributed by atoms with E-state index in [2.05, 4.69) is 10.2 Å². The fourth-order valence-electron chi connectivity index (χ4n) is 4.18. The molecule has 1 aromatic rings. The zero-order valence-corrected chi connectivity index (χ0v) is 19.4. The first kappa shape index (κ1) is 22.7. The average molecular weight is 450 g/mol. The molecule has 0 saturated carbocycles. The molecule has 164 valence electrons. The van der Waals surface area contributed by atoms with E-state index < -0.39 is 0 Å². The maximum Gasteiger partial charge on any atom is 0.307 e. The van der Waals surface area contributed by atoms with Crippen LogP contribution in [0.2, 0.25) is 0 Å². The molecule has 8 heteroatoms. The number of thiophene rings is 1. The van der Waals surface area contributed by atoms with Gasteiger partial charge in [0.15, 0.2) is 5.11 Å². The fraction of sp³-hybridized carbons (Fsp3) is 0.591. The highest BCUT2D eigenvalue weighted by atomic mass is 32.1. The van der Waals surface area contributed by atoms with E-state index in [0.29, 0.717) is 18.1 Å². The Morgan fingerprint density at radius 1 is 1.30 bits per heavy atom. The molecule has 2 fully saturated rings. The second-order valence-electron chi connectivity index (χ2n) is 8.25. The topological polar surface area (TPSA) is 61.9 Å². The van der Waals surface area contributed by atoms with Crippen LogP contribution in [0, 0.1) is 5.41 Å². The van der Waals surface area contributed by atoms with Crippen molar-refractivity contribution in [1.82, 2.24) is 15.1 Å². The van der Waals surface area contributed by atoms with E-state index >= 15 is 0 Å². The largest absolute Gasteiger partial charge is 0.466 e. The molecule has 2 aliphatic heterocycles. The number of esters is 1. The van der Waals surface area contributed by atoms with Gasteiger partial charge < -0.3 is 19.9 Å². The average Bonchev–Trinajstić information content (AvgIpc) is 3.37. The Morgan fingerprint density at radius 3 is 2.63 bits per heavy atom. The Hall–Kier alpha value is -1.93. The van der Waals surface area contributed by atoms with Crippen LogP contribution in [0.5, 0.6) is 0 Å². The molecule has 1 atom stereocenters. The van der Waals surface area contributed by atoms with Crippen molar-refractivity contribution in [2.45, 2.75) is 45.6 Å². The molecule has 2 saturated heterocycles. The quantitative estimate of drug-likeness (QED) is 0.409. The molecule has 3 rings (SSSR count). The summed E-state index contributed by atoms with van der Waals surface area (Å²) < 4.78 is 5.00. The number of carbonyl (C=O) groups is 2. The molecule has 1 unspecified atom stereocenters. The third-order valence-electron chi connectivity index (χ3n) is 5.97. The summed E-state index contributed by atoms with van der Waals surface area (Å²) in [4.78, 5) is 28.3. The molecule has 0 radical (unpaired) electrons. The number of carbonyl (C=O) groups excluding carboxylic acids is 2. The summed E-state index contributed by atoms with van der Waals surface area (Å²) in [5.74, 6) is -0.112. The number of ether oxygens (including phenoxy) is 1. The predicted molar refractivity (Wildman–Crippen MR) is 124 cm³/mol. The van der Waals surface area contributed by atoms with Gasteiger partial charge in [-0.3, -0.25) is 9.59 Å². The molecule has 0 aromatic carbocycles. The van der Waals surface area contributed by atoms with Crippen molar-refractivity contribution in [3.63, 3.8) is 0 Å². The van der Waals surface area contributed by atoms with E-state index in [1.165, 1.54) is 0 Å². The Kier molecular flexibility index (Phi) is 7.88. The third kappa shape index (κ3) is 6.04. The molecule has 1 amide bonds. The lowest BCUT2D eigenvalue weighted by Crippen LogP contribution is -2.46. The number of piperidine rings is 1. The Bertz CT molecular complexity index is 771. The number of rotatable bonds is 6. The summed E-state index contributed by atoms with van der Waals surface area (Å²) in [6, 6.07) is 1.96. The van der Waals surface area contributed by atoms with Gasteiger partial charge >= 0.3 is 5.97 Å². The Balaban J connectivity index is 1.44. The first-order chi connectivity index (χ1) is 14.4. The number of hydrogen-bond donors (Lipinski definition) is 1. The number of thiocarbonyl (C=S) groups is 1. The van der Waals surface area contributed by atoms with Gasteiger partial charge in [0.1, 0.15) is 0 Å². The lowest BCUT2D eigenvalue weighted by Gasteiger charge is -2.39. The van der Waals surface area contributed by atoms with Crippen molar-refractivity contribution in [3.05, 3.63) is 28.5 Å². The Labute approximate surface area is 188 Å². The van der Waals surface area contributed by atoms with Crippen LogP contribution in [-0.4, -0.2) is 65.6 Å². The van der Waals surface area contributed by atoms with Crippen LogP contribution in [-0.2, 0) is 14.3 Å². The first-order valence-electron chi connectivity index (χ1n) is 10.6. The van der Waals surface area contributed by atoms with E-state index in [4.69, 9.17) is 17.0 Å². The van der Waals surface area contributed by atoms with Crippen LogP contribution in [0.25, 0.3) is 6.08 Å². The summed E-state index contributed by atoms with van der Waals surface area (Å²) in [6.07, 6.45) is 6.98. The molecular weight excluding hydrogens is 418 g/mol. The second kappa shape index (κ2) is 10.4. The highest BCUT2D eigenvalue weighted by molar-refractivity contribution is 7.80. The van der Waals surface area contributed by atoms with Gasteiger partial charge in [-0.05, 0) is 79.2 Å².